The van der Waals surface area contributed by atoms with Crippen molar-refractivity contribution in [1.82, 2.24) is 10.2 Å². The van der Waals surface area contributed by atoms with E-state index >= 15 is 0 Å². The molecule has 0 aromatic rings. The monoisotopic (exact) mass is 319 g/mol. The quantitative estimate of drug-likeness (QED) is 0.815. The number of rotatable bonds is 4. The molecule has 128 valence electrons. The molecule has 1 aliphatic heterocycles. The third kappa shape index (κ3) is 3.00. The van der Waals surface area contributed by atoms with Gasteiger partial charge in [0.1, 0.15) is 0 Å². The normalized spacial score (nSPS) is 39.5. The van der Waals surface area contributed by atoms with Crippen LogP contribution < -0.4 is 11.1 Å². The number of hydrogen-bond acceptors (Lipinski definition) is 3. The fourth-order valence-corrected chi connectivity index (χ4v) is 5.02. The molecule has 3 N–H and O–H groups in total. The molecule has 5 heteroatoms. The van der Waals surface area contributed by atoms with E-state index < -0.39 is 0 Å². The number of nitrogens with one attached hydrogen (secondary N) is 1. The topological polar surface area (TPSA) is 75.4 Å². The molecule has 0 aromatic carbocycles. The Hall–Kier alpha value is -1.10. The molecule has 2 amide bonds. The second kappa shape index (κ2) is 6.08. The lowest BCUT2D eigenvalue weighted by Gasteiger charge is -2.37. The second-order valence-corrected chi connectivity index (χ2v) is 8.25. The van der Waals surface area contributed by atoms with E-state index in [2.05, 4.69) is 5.32 Å². The highest BCUT2D eigenvalue weighted by molar-refractivity contribution is 5.83. The Labute approximate surface area is 138 Å². The molecule has 4 fully saturated rings. The van der Waals surface area contributed by atoms with E-state index in [1.54, 1.807) is 0 Å². The molecule has 4 rings (SSSR count). The minimum Gasteiger partial charge on any atom is -0.356 e. The highest BCUT2D eigenvalue weighted by Crippen LogP contribution is 2.48. The number of hydrogen-bond donors (Lipinski definition) is 2. The van der Waals surface area contributed by atoms with Crippen LogP contribution in [0.4, 0.5) is 0 Å². The van der Waals surface area contributed by atoms with Crippen molar-refractivity contribution in [2.75, 3.05) is 19.6 Å². The van der Waals surface area contributed by atoms with Crippen LogP contribution in [0.3, 0.4) is 0 Å². The molecule has 5 nitrogen and oxygen atoms in total. The molecule has 5 atom stereocenters. The van der Waals surface area contributed by atoms with Gasteiger partial charge in [0.15, 0.2) is 0 Å². The van der Waals surface area contributed by atoms with Crippen LogP contribution in [-0.2, 0) is 9.59 Å². The average Bonchev–Trinajstić information content (AvgIpc) is 3.20. The lowest BCUT2D eigenvalue weighted by atomic mass is 9.83. The van der Waals surface area contributed by atoms with Crippen LogP contribution in [0.15, 0.2) is 0 Å². The second-order valence-electron chi connectivity index (χ2n) is 8.25. The maximum Gasteiger partial charge on any atom is 0.227 e. The molecule has 1 heterocycles. The van der Waals surface area contributed by atoms with Crippen LogP contribution in [0.5, 0.6) is 0 Å². The summed E-state index contributed by atoms with van der Waals surface area (Å²) < 4.78 is 0. The molecule has 0 spiro atoms. The van der Waals surface area contributed by atoms with Crippen molar-refractivity contribution in [3.63, 3.8) is 0 Å². The molecular formula is C18H29N3O2. The minimum absolute atomic E-state index is 0.0158. The van der Waals surface area contributed by atoms with Gasteiger partial charge < -0.3 is 16.0 Å². The SMILES string of the molecule is NC1C2CCC(C2)C1C(=O)N1CCCC(C(=O)NCC2CC2)C1. The maximum absolute atomic E-state index is 13.0. The van der Waals surface area contributed by atoms with Gasteiger partial charge in [0, 0.05) is 25.7 Å². The number of fused-ring (bicyclic) bond motifs is 2. The molecular weight excluding hydrogens is 290 g/mol. The van der Waals surface area contributed by atoms with Crippen molar-refractivity contribution >= 4 is 11.8 Å². The van der Waals surface area contributed by atoms with Crippen LogP contribution in [0.25, 0.3) is 0 Å². The van der Waals surface area contributed by atoms with Crippen molar-refractivity contribution < 1.29 is 9.59 Å². The van der Waals surface area contributed by atoms with Gasteiger partial charge in [0.05, 0.1) is 11.8 Å². The van der Waals surface area contributed by atoms with E-state index in [-0.39, 0.29) is 29.7 Å². The first-order chi connectivity index (χ1) is 11.1. The first kappa shape index (κ1) is 15.4. The standard InChI is InChI=1S/C18H29N3O2/c19-16-13-6-5-12(8-13)15(16)18(23)21-7-1-2-14(10-21)17(22)20-9-11-3-4-11/h11-16H,1-10,19H2,(H,20,22). The molecule has 1 saturated heterocycles. The molecule has 5 unspecified atom stereocenters. The van der Waals surface area contributed by atoms with Crippen LogP contribution >= 0.6 is 0 Å². The van der Waals surface area contributed by atoms with E-state index in [0.717, 1.165) is 38.8 Å². The number of nitrogens with zero attached hydrogens (tertiary/aromatic N) is 1. The molecule has 2 bridgehead atoms. The zero-order valence-electron chi connectivity index (χ0n) is 13.9. The number of amides is 2. The van der Waals surface area contributed by atoms with Crippen molar-refractivity contribution in [1.29, 1.82) is 0 Å². The van der Waals surface area contributed by atoms with Crippen molar-refractivity contribution in [2.24, 2.45) is 35.3 Å². The summed E-state index contributed by atoms with van der Waals surface area (Å²) in [6.07, 6.45) is 7.83. The smallest absolute Gasteiger partial charge is 0.227 e. The number of likely N-dealkylation sites (tertiary alicyclic amines) is 1. The van der Waals surface area contributed by atoms with Crippen molar-refractivity contribution in [2.45, 2.75) is 51.0 Å². The highest BCUT2D eigenvalue weighted by Gasteiger charge is 2.50. The third-order valence-corrected chi connectivity index (χ3v) is 6.63. The van der Waals surface area contributed by atoms with Gasteiger partial charge in [-0.05, 0) is 62.7 Å². The summed E-state index contributed by atoms with van der Waals surface area (Å²) >= 11 is 0. The van der Waals surface area contributed by atoms with Crippen LogP contribution in [0, 0.1) is 29.6 Å². The van der Waals surface area contributed by atoms with E-state index in [1.165, 1.54) is 19.3 Å². The van der Waals surface area contributed by atoms with Crippen LogP contribution in [0.1, 0.15) is 44.9 Å². The summed E-state index contributed by atoms with van der Waals surface area (Å²) in [5.41, 5.74) is 6.33. The summed E-state index contributed by atoms with van der Waals surface area (Å²) in [6.45, 7) is 2.21. The number of nitrogens with two attached hydrogens (primary N) is 1. The van der Waals surface area contributed by atoms with Gasteiger partial charge in [-0.15, -0.1) is 0 Å². The highest BCUT2D eigenvalue weighted by atomic mass is 16.2. The largest absolute Gasteiger partial charge is 0.356 e. The Morgan fingerprint density at radius 1 is 1.09 bits per heavy atom. The van der Waals surface area contributed by atoms with Crippen molar-refractivity contribution in [3.8, 4) is 0 Å². The van der Waals surface area contributed by atoms with Crippen LogP contribution in [-0.4, -0.2) is 42.4 Å². The number of carbonyl (C=O) groups is 2. The Morgan fingerprint density at radius 2 is 1.87 bits per heavy atom. The summed E-state index contributed by atoms with van der Waals surface area (Å²) in [5.74, 6) is 2.11. The average molecular weight is 319 g/mol. The van der Waals surface area contributed by atoms with Gasteiger partial charge >= 0.3 is 0 Å². The first-order valence-electron chi connectivity index (χ1n) is 9.45. The van der Waals surface area contributed by atoms with E-state index in [9.17, 15) is 9.59 Å². The zero-order chi connectivity index (χ0) is 16.0. The Kier molecular flexibility index (Phi) is 4.08. The molecule has 3 saturated carbocycles. The summed E-state index contributed by atoms with van der Waals surface area (Å²) in [4.78, 5) is 27.2. The predicted octanol–water partition coefficient (Wildman–Crippen LogP) is 1.12. The Bertz CT molecular complexity index is 489. The summed E-state index contributed by atoms with van der Waals surface area (Å²) in [6, 6.07) is 0.0466. The summed E-state index contributed by atoms with van der Waals surface area (Å²) in [5, 5.41) is 3.08. The lowest BCUT2D eigenvalue weighted by molar-refractivity contribution is -0.141. The van der Waals surface area contributed by atoms with Gasteiger partial charge in [-0.25, -0.2) is 0 Å². The number of piperidine rings is 1. The minimum atomic E-state index is -0.0266. The van der Waals surface area contributed by atoms with Gasteiger partial charge in [-0.2, -0.15) is 0 Å². The fraction of sp³-hybridized carbons (Fsp3) is 0.889. The van der Waals surface area contributed by atoms with E-state index in [4.69, 9.17) is 5.73 Å². The molecule has 4 aliphatic rings. The third-order valence-electron chi connectivity index (χ3n) is 6.63. The van der Waals surface area contributed by atoms with Crippen molar-refractivity contribution in [3.05, 3.63) is 0 Å². The Balaban J connectivity index is 1.35. The number of carbonyl (C=O) groups excluding carboxylic acids is 2. The molecule has 0 aromatic heterocycles. The molecule has 3 aliphatic carbocycles. The molecule has 23 heavy (non-hydrogen) atoms. The molecule has 0 radical (unpaired) electrons. The van der Waals surface area contributed by atoms with Gasteiger partial charge in [0.25, 0.3) is 0 Å². The lowest BCUT2D eigenvalue weighted by Crippen LogP contribution is -2.51. The van der Waals surface area contributed by atoms with Gasteiger partial charge in [0.2, 0.25) is 11.8 Å². The Morgan fingerprint density at radius 3 is 2.57 bits per heavy atom. The fourth-order valence-electron chi connectivity index (χ4n) is 5.02. The van der Waals surface area contributed by atoms with E-state index in [0.29, 0.717) is 24.3 Å². The first-order valence-corrected chi connectivity index (χ1v) is 9.45. The summed E-state index contributed by atoms with van der Waals surface area (Å²) in [7, 11) is 0. The van der Waals surface area contributed by atoms with Crippen LogP contribution in [0.2, 0.25) is 0 Å². The maximum atomic E-state index is 13.0. The van der Waals surface area contributed by atoms with E-state index in [1.807, 2.05) is 4.90 Å². The predicted molar refractivity (Wildman–Crippen MR) is 87.3 cm³/mol. The van der Waals surface area contributed by atoms with Gasteiger partial charge in [-0.3, -0.25) is 9.59 Å². The zero-order valence-corrected chi connectivity index (χ0v) is 13.9. The van der Waals surface area contributed by atoms with Gasteiger partial charge in [-0.1, -0.05) is 0 Å².